The van der Waals surface area contributed by atoms with E-state index in [1.165, 1.54) is 27.9 Å². The highest BCUT2D eigenvalue weighted by molar-refractivity contribution is 7.15. The molecule has 0 aliphatic heterocycles. The average molecular weight is 351 g/mol. The molecule has 3 rings (SSSR count). The van der Waals surface area contributed by atoms with Gasteiger partial charge in [0.2, 0.25) is 0 Å². The molecule has 0 unspecified atom stereocenters. The Kier molecular flexibility index (Phi) is 4.86. The number of ether oxygens (including phenoxy) is 1. The Morgan fingerprint density at radius 3 is 2.96 bits per heavy atom. The minimum absolute atomic E-state index is 0.114. The van der Waals surface area contributed by atoms with E-state index >= 15 is 0 Å². The number of nitrogens with zero attached hydrogens (tertiary/aromatic N) is 3. The fraction of sp³-hybridized carbons (Fsp3) is 0.250. The summed E-state index contributed by atoms with van der Waals surface area (Å²) in [5.41, 5.74) is 1.39. The number of fused-ring (bicyclic) bond motifs is 1. The molecule has 0 N–H and O–H groups in total. The highest BCUT2D eigenvalue weighted by Crippen LogP contribution is 2.17. The Morgan fingerprint density at radius 2 is 2.17 bits per heavy atom. The van der Waals surface area contributed by atoms with E-state index in [4.69, 9.17) is 0 Å². The number of thiazole rings is 1. The zero-order valence-corrected chi connectivity index (χ0v) is 13.7. The van der Waals surface area contributed by atoms with E-state index in [0.717, 1.165) is 5.56 Å². The first-order chi connectivity index (χ1) is 11.5. The standard InChI is InChI=1S/C16H15F2N3O2S/c1-20(9-11-3-2-4-13(7-11)23-15(17)18)10-12-8-14(22)21-5-6-24-16(21)19-12/h2-8,15H,9-10H2,1H3. The largest absolute Gasteiger partial charge is 0.435 e. The maximum Gasteiger partial charge on any atom is 0.387 e. The molecule has 1 aromatic carbocycles. The predicted molar refractivity (Wildman–Crippen MR) is 87.6 cm³/mol. The van der Waals surface area contributed by atoms with Crippen molar-refractivity contribution in [3.63, 3.8) is 0 Å². The summed E-state index contributed by atoms with van der Waals surface area (Å²) in [6.45, 7) is -1.84. The van der Waals surface area contributed by atoms with Gasteiger partial charge in [-0.15, -0.1) is 11.3 Å². The van der Waals surface area contributed by atoms with Crippen LogP contribution in [0.2, 0.25) is 0 Å². The molecule has 0 saturated heterocycles. The molecular formula is C16H15F2N3O2S. The smallest absolute Gasteiger partial charge is 0.387 e. The molecular weight excluding hydrogens is 336 g/mol. The van der Waals surface area contributed by atoms with Crippen LogP contribution in [-0.4, -0.2) is 27.9 Å². The molecule has 0 spiro atoms. The summed E-state index contributed by atoms with van der Waals surface area (Å²) >= 11 is 1.40. The van der Waals surface area contributed by atoms with Crippen LogP contribution in [0.3, 0.4) is 0 Å². The molecule has 0 radical (unpaired) electrons. The lowest BCUT2D eigenvalue weighted by atomic mass is 10.2. The average Bonchev–Trinajstić information content (AvgIpc) is 2.95. The van der Waals surface area contributed by atoms with Crippen LogP contribution in [0, 0.1) is 0 Å². The zero-order chi connectivity index (χ0) is 17.1. The molecule has 0 amide bonds. The maximum atomic E-state index is 12.3. The van der Waals surface area contributed by atoms with Crippen LogP contribution in [0.25, 0.3) is 4.96 Å². The lowest BCUT2D eigenvalue weighted by Crippen LogP contribution is -2.21. The van der Waals surface area contributed by atoms with Crippen LogP contribution in [0.5, 0.6) is 5.75 Å². The third-order valence-electron chi connectivity index (χ3n) is 3.36. The summed E-state index contributed by atoms with van der Waals surface area (Å²) in [6, 6.07) is 8.08. The molecule has 0 saturated carbocycles. The Labute approximate surface area is 140 Å². The van der Waals surface area contributed by atoms with E-state index in [9.17, 15) is 13.6 Å². The summed E-state index contributed by atoms with van der Waals surface area (Å²) < 4.78 is 30.4. The SMILES string of the molecule is CN(Cc1cccc(OC(F)F)c1)Cc1cc(=O)n2ccsc2n1. The first kappa shape index (κ1) is 16.5. The normalized spacial score (nSPS) is 11.5. The number of halogens is 2. The minimum atomic E-state index is -2.84. The van der Waals surface area contributed by atoms with E-state index in [1.807, 2.05) is 23.4 Å². The van der Waals surface area contributed by atoms with Crippen molar-refractivity contribution in [2.24, 2.45) is 0 Å². The quantitative estimate of drug-likeness (QED) is 0.685. The van der Waals surface area contributed by atoms with Gasteiger partial charge >= 0.3 is 6.61 Å². The van der Waals surface area contributed by atoms with Gasteiger partial charge in [0.05, 0.1) is 5.69 Å². The van der Waals surface area contributed by atoms with Gasteiger partial charge in [-0.1, -0.05) is 12.1 Å². The van der Waals surface area contributed by atoms with Gasteiger partial charge < -0.3 is 4.74 Å². The van der Waals surface area contributed by atoms with Gasteiger partial charge in [-0.2, -0.15) is 8.78 Å². The van der Waals surface area contributed by atoms with Gasteiger partial charge in [0, 0.05) is 30.7 Å². The van der Waals surface area contributed by atoms with Gasteiger partial charge in [-0.25, -0.2) is 4.98 Å². The lowest BCUT2D eigenvalue weighted by Gasteiger charge is -2.16. The molecule has 2 aromatic heterocycles. The van der Waals surface area contributed by atoms with Crippen LogP contribution >= 0.6 is 11.3 Å². The third kappa shape index (κ3) is 3.95. The minimum Gasteiger partial charge on any atom is -0.435 e. The summed E-state index contributed by atoms with van der Waals surface area (Å²) in [6.07, 6.45) is 1.69. The van der Waals surface area contributed by atoms with Crippen LogP contribution in [-0.2, 0) is 13.1 Å². The van der Waals surface area contributed by atoms with Crippen molar-refractivity contribution in [1.29, 1.82) is 0 Å². The van der Waals surface area contributed by atoms with Crippen molar-refractivity contribution in [3.05, 3.63) is 63.5 Å². The van der Waals surface area contributed by atoms with Crippen molar-refractivity contribution in [2.45, 2.75) is 19.7 Å². The van der Waals surface area contributed by atoms with Gasteiger partial charge in [0.15, 0.2) is 4.96 Å². The van der Waals surface area contributed by atoms with E-state index < -0.39 is 6.61 Å². The predicted octanol–water partition coefficient (Wildman–Crippen LogP) is 2.99. The van der Waals surface area contributed by atoms with E-state index in [2.05, 4.69) is 9.72 Å². The van der Waals surface area contributed by atoms with Gasteiger partial charge in [-0.3, -0.25) is 14.1 Å². The molecule has 0 aliphatic carbocycles. The molecule has 8 heteroatoms. The second-order valence-corrected chi connectivity index (χ2v) is 6.21. The molecule has 24 heavy (non-hydrogen) atoms. The summed E-state index contributed by atoms with van der Waals surface area (Å²) in [4.78, 5) is 19.0. The van der Waals surface area contributed by atoms with Crippen molar-refractivity contribution >= 4 is 16.3 Å². The molecule has 5 nitrogen and oxygen atoms in total. The molecule has 3 aromatic rings. The van der Waals surface area contributed by atoms with E-state index in [1.54, 1.807) is 18.3 Å². The lowest BCUT2D eigenvalue weighted by molar-refractivity contribution is -0.0499. The number of rotatable bonds is 6. The van der Waals surface area contributed by atoms with Crippen LogP contribution in [0.15, 0.2) is 46.7 Å². The number of alkyl halides is 2. The number of hydrogen-bond donors (Lipinski definition) is 0. The van der Waals surface area contributed by atoms with Gasteiger partial charge in [0.1, 0.15) is 5.75 Å². The molecule has 126 valence electrons. The Morgan fingerprint density at radius 1 is 1.33 bits per heavy atom. The summed E-state index contributed by atoms with van der Waals surface area (Å²) in [7, 11) is 1.87. The van der Waals surface area contributed by atoms with Crippen molar-refractivity contribution in [2.75, 3.05) is 7.05 Å². The molecule has 2 heterocycles. The second kappa shape index (κ2) is 7.06. The number of benzene rings is 1. The first-order valence-corrected chi connectivity index (χ1v) is 8.07. The molecule has 0 bridgehead atoms. The highest BCUT2D eigenvalue weighted by atomic mass is 32.1. The molecule has 0 fully saturated rings. The maximum absolute atomic E-state index is 12.3. The van der Waals surface area contributed by atoms with Crippen LogP contribution < -0.4 is 10.3 Å². The molecule has 0 atom stereocenters. The van der Waals surface area contributed by atoms with E-state index in [0.29, 0.717) is 23.7 Å². The van der Waals surface area contributed by atoms with Crippen LogP contribution in [0.1, 0.15) is 11.3 Å². The van der Waals surface area contributed by atoms with Crippen LogP contribution in [0.4, 0.5) is 8.78 Å². The topological polar surface area (TPSA) is 46.8 Å². The summed E-state index contributed by atoms with van der Waals surface area (Å²) in [5.74, 6) is 0.132. The Bertz CT molecular complexity index is 894. The highest BCUT2D eigenvalue weighted by Gasteiger charge is 2.09. The zero-order valence-electron chi connectivity index (χ0n) is 12.9. The third-order valence-corrected chi connectivity index (χ3v) is 4.12. The Balaban J connectivity index is 1.70. The fourth-order valence-corrected chi connectivity index (χ4v) is 3.17. The Hall–Kier alpha value is -2.32. The first-order valence-electron chi connectivity index (χ1n) is 7.19. The van der Waals surface area contributed by atoms with Gasteiger partial charge in [-0.05, 0) is 24.7 Å². The van der Waals surface area contributed by atoms with Crippen molar-refractivity contribution in [1.82, 2.24) is 14.3 Å². The number of hydrogen-bond acceptors (Lipinski definition) is 5. The van der Waals surface area contributed by atoms with E-state index in [-0.39, 0.29) is 11.3 Å². The summed E-state index contributed by atoms with van der Waals surface area (Å²) in [5, 5.41) is 1.81. The molecule has 0 aliphatic rings. The fourth-order valence-electron chi connectivity index (χ4n) is 2.43. The van der Waals surface area contributed by atoms with Gasteiger partial charge in [0.25, 0.3) is 5.56 Å². The second-order valence-electron chi connectivity index (χ2n) is 5.34. The van der Waals surface area contributed by atoms with Crippen molar-refractivity contribution in [3.8, 4) is 5.75 Å². The van der Waals surface area contributed by atoms with Crippen molar-refractivity contribution < 1.29 is 13.5 Å². The number of aromatic nitrogens is 2. The monoisotopic (exact) mass is 351 g/mol.